The molecule has 0 spiro atoms. The number of halogens is 2. The van der Waals surface area contributed by atoms with Crippen LogP contribution < -0.4 is 15.5 Å². The third kappa shape index (κ3) is 5.62. The highest BCUT2D eigenvalue weighted by Gasteiger charge is 2.29. The van der Waals surface area contributed by atoms with Crippen molar-refractivity contribution in [2.24, 2.45) is 0 Å². The number of nitrogens with zero attached hydrogens (tertiary/aromatic N) is 6. The van der Waals surface area contributed by atoms with Gasteiger partial charge in [-0.3, -0.25) is 4.79 Å². The second-order valence-electron chi connectivity index (χ2n) is 8.33. The molecule has 1 aliphatic heterocycles. The van der Waals surface area contributed by atoms with Crippen LogP contribution in [0, 0.1) is 6.92 Å². The minimum absolute atomic E-state index is 0.208. The number of carbonyl (C=O) groups is 1. The van der Waals surface area contributed by atoms with Gasteiger partial charge in [-0.25, -0.2) is 19.9 Å². The number of piperazine rings is 1. The number of pyridine rings is 1. The number of aromatic nitrogens is 4. The van der Waals surface area contributed by atoms with Gasteiger partial charge in [0, 0.05) is 75.0 Å². The first-order valence-electron chi connectivity index (χ1n) is 10.8. The molecule has 1 amide bonds. The summed E-state index contributed by atoms with van der Waals surface area (Å²) in [6, 6.07) is 3.21. The lowest BCUT2D eigenvalue weighted by molar-refractivity contribution is -0.114. The Morgan fingerprint density at radius 2 is 1.85 bits per heavy atom. The highest BCUT2D eigenvalue weighted by atomic mass is 32.1. The van der Waals surface area contributed by atoms with Crippen molar-refractivity contribution in [2.45, 2.75) is 26.7 Å². The largest absolute Gasteiger partial charge is 0.346 e. The fraction of sp³-hybridized carbons (Fsp3) is 0.409. The number of alkyl halides is 2. The molecule has 0 unspecified atom stereocenters. The molecule has 0 atom stereocenters. The number of carbonyl (C=O) groups excluding carboxylic acids is 1. The fourth-order valence-electron chi connectivity index (χ4n) is 3.51. The number of aryl methyl sites for hydroxylation is 1. The second kappa shape index (κ2) is 9.55. The van der Waals surface area contributed by atoms with Crippen LogP contribution in [-0.4, -0.2) is 64.0 Å². The first-order valence-corrected chi connectivity index (χ1v) is 11.6. The van der Waals surface area contributed by atoms with E-state index in [1.54, 1.807) is 25.3 Å². The Hall–Kier alpha value is -3.25. The van der Waals surface area contributed by atoms with Crippen molar-refractivity contribution in [3.8, 4) is 11.3 Å². The smallest absolute Gasteiger partial charge is 0.303 e. The van der Waals surface area contributed by atoms with Crippen molar-refractivity contribution in [3.05, 3.63) is 35.2 Å². The first kappa shape index (κ1) is 23.9. The lowest BCUT2D eigenvalue weighted by atomic mass is 10.1. The monoisotopic (exact) mass is 488 g/mol. The summed E-state index contributed by atoms with van der Waals surface area (Å²) in [6.07, 6.45) is 1.60. The van der Waals surface area contributed by atoms with E-state index < -0.39 is 11.7 Å². The van der Waals surface area contributed by atoms with E-state index in [-0.39, 0.29) is 11.7 Å². The Morgan fingerprint density at radius 3 is 2.53 bits per heavy atom. The average Bonchev–Trinajstić information content (AvgIpc) is 3.23. The van der Waals surface area contributed by atoms with Gasteiger partial charge in [-0.2, -0.15) is 8.78 Å². The standard InChI is InChI=1S/C22H26F2N8OS/c1-13-9-19(30-20(26-13)22(3,23)24)28-16-10-18(27-14(2)33)25-11-15(16)17-12-34-21(29-17)32-7-5-31(4)6-8-32/h9-12H,5-8H2,1-4H3,(H2,25,26,27,28,30,33). The van der Waals surface area contributed by atoms with Gasteiger partial charge >= 0.3 is 5.92 Å². The van der Waals surface area contributed by atoms with Gasteiger partial charge < -0.3 is 20.4 Å². The Bertz CT molecular complexity index is 1190. The van der Waals surface area contributed by atoms with E-state index in [0.717, 1.165) is 38.2 Å². The summed E-state index contributed by atoms with van der Waals surface area (Å²) in [5.41, 5.74) is 2.28. The molecule has 3 aromatic heterocycles. The third-order valence-corrected chi connectivity index (χ3v) is 6.16. The number of rotatable bonds is 6. The fourth-order valence-corrected chi connectivity index (χ4v) is 4.39. The number of amides is 1. The van der Waals surface area contributed by atoms with E-state index in [1.165, 1.54) is 18.3 Å². The maximum atomic E-state index is 13.9. The van der Waals surface area contributed by atoms with E-state index in [0.29, 0.717) is 28.5 Å². The second-order valence-corrected chi connectivity index (χ2v) is 9.17. The minimum Gasteiger partial charge on any atom is -0.346 e. The molecule has 2 N–H and O–H groups in total. The van der Waals surface area contributed by atoms with Crippen LogP contribution in [-0.2, 0) is 10.7 Å². The summed E-state index contributed by atoms with van der Waals surface area (Å²) in [5.74, 6) is -3.50. The van der Waals surface area contributed by atoms with Crippen LogP contribution in [0.1, 0.15) is 25.4 Å². The number of anilines is 4. The van der Waals surface area contributed by atoms with Crippen molar-refractivity contribution in [3.63, 3.8) is 0 Å². The van der Waals surface area contributed by atoms with Crippen LogP contribution >= 0.6 is 11.3 Å². The quantitative estimate of drug-likeness (QED) is 0.540. The van der Waals surface area contributed by atoms with E-state index >= 15 is 0 Å². The topological polar surface area (TPSA) is 99.2 Å². The number of likely N-dealkylation sites (N-methyl/N-ethyl adjacent to an activating group) is 1. The first-order chi connectivity index (χ1) is 16.1. The number of hydrogen-bond acceptors (Lipinski definition) is 9. The molecule has 0 aliphatic carbocycles. The number of nitrogens with one attached hydrogen (secondary N) is 2. The molecule has 4 rings (SSSR count). The lowest BCUT2D eigenvalue weighted by Crippen LogP contribution is -2.44. The van der Waals surface area contributed by atoms with Gasteiger partial charge in [-0.1, -0.05) is 0 Å². The molecule has 0 saturated carbocycles. The van der Waals surface area contributed by atoms with E-state index in [4.69, 9.17) is 4.98 Å². The van der Waals surface area contributed by atoms with Crippen LogP contribution in [0.2, 0.25) is 0 Å². The molecular formula is C22H26F2N8OS. The lowest BCUT2D eigenvalue weighted by Gasteiger charge is -2.32. The highest BCUT2D eigenvalue weighted by Crippen LogP contribution is 2.35. The van der Waals surface area contributed by atoms with Gasteiger partial charge in [-0.15, -0.1) is 11.3 Å². The summed E-state index contributed by atoms with van der Waals surface area (Å²) in [7, 11) is 2.10. The molecule has 9 nitrogen and oxygen atoms in total. The van der Waals surface area contributed by atoms with Crippen LogP contribution in [0.15, 0.2) is 23.7 Å². The summed E-state index contributed by atoms with van der Waals surface area (Å²) in [4.78, 5) is 33.0. The SMILES string of the molecule is CC(=O)Nc1cc(Nc2cc(C)nc(C(C)(F)F)n2)c(-c2csc(N3CCN(C)CC3)n2)cn1. The molecule has 4 heterocycles. The summed E-state index contributed by atoms with van der Waals surface area (Å²) >= 11 is 1.54. The predicted molar refractivity (Wildman–Crippen MR) is 129 cm³/mol. The van der Waals surface area contributed by atoms with Gasteiger partial charge in [0.1, 0.15) is 11.6 Å². The van der Waals surface area contributed by atoms with Gasteiger partial charge in [0.05, 0.1) is 11.4 Å². The molecule has 34 heavy (non-hydrogen) atoms. The maximum absolute atomic E-state index is 13.9. The van der Waals surface area contributed by atoms with Gasteiger partial charge in [0.15, 0.2) is 5.13 Å². The third-order valence-electron chi connectivity index (χ3n) is 5.26. The Labute approximate surface area is 200 Å². The Morgan fingerprint density at radius 1 is 1.12 bits per heavy atom. The van der Waals surface area contributed by atoms with Crippen molar-refractivity contribution in [2.75, 3.05) is 48.8 Å². The highest BCUT2D eigenvalue weighted by molar-refractivity contribution is 7.14. The Kier molecular flexibility index (Phi) is 6.71. The molecule has 1 aliphatic rings. The molecule has 1 saturated heterocycles. The van der Waals surface area contributed by atoms with Crippen molar-refractivity contribution in [1.82, 2.24) is 24.8 Å². The normalized spacial score (nSPS) is 14.8. The zero-order valence-electron chi connectivity index (χ0n) is 19.4. The molecule has 0 radical (unpaired) electrons. The summed E-state index contributed by atoms with van der Waals surface area (Å²) in [6.45, 7) is 7.48. The molecule has 0 aromatic carbocycles. The minimum atomic E-state index is -3.18. The van der Waals surface area contributed by atoms with Crippen LogP contribution in [0.4, 0.5) is 31.2 Å². The molecule has 180 valence electrons. The van der Waals surface area contributed by atoms with Crippen LogP contribution in [0.3, 0.4) is 0 Å². The zero-order valence-corrected chi connectivity index (χ0v) is 20.2. The molecular weight excluding hydrogens is 462 g/mol. The molecule has 0 bridgehead atoms. The Balaban J connectivity index is 1.69. The van der Waals surface area contributed by atoms with E-state index in [2.05, 4.69) is 42.4 Å². The van der Waals surface area contributed by atoms with Gasteiger partial charge in [0.25, 0.3) is 0 Å². The molecule has 3 aromatic rings. The zero-order chi connectivity index (χ0) is 24.5. The van der Waals surface area contributed by atoms with E-state index in [1.807, 2.05) is 5.38 Å². The van der Waals surface area contributed by atoms with E-state index in [9.17, 15) is 13.6 Å². The van der Waals surface area contributed by atoms with Crippen molar-refractivity contribution in [1.29, 1.82) is 0 Å². The average molecular weight is 489 g/mol. The van der Waals surface area contributed by atoms with Crippen molar-refractivity contribution >= 4 is 39.7 Å². The van der Waals surface area contributed by atoms with Gasteiger partial charge in [0.2, 0.25) is 11.7 Å². The predicted octanol–water partition coefficient (Wildman–Crippen LogP) is 3.87. The summed E-state index contributed by atoms with van der Waals surface area (Å²) < 4.78 is 27.8. The maximum Gasteiger partial charge on any atom is 0.303 e. The van der Waals surface area contributed by atoms with Crippen LogP contribution in [0.5, 0.6) is 0 Å². The molecule has 12 heteroatoms. The van der Waals surface area contributed by atoms with Gasteiger partial charge in [-0.05, 0) is 14.0 Å². The number of thiazole rings is 1. The van der Waals surface area contributed by atoms with Crippen molar-refractivity contribution < 1.29 is 13.6 Å². The summed E-state index contributed by atoms with van der Waals surface area (Å²) in [5, 5.41) is 8.59. The number of hydrogen-bond donors (Lipinski definition) is 2. The molecule has 1 fully saturated rings. The van der Waals surface area contributed by atoms with Crippen LogP contribution in [0.25, 0.3) is 11.3 Å².